The van der Waals surface area contributed by atoms with E-state index in [-0.39, 0.29) is 0 Å². The molecule has 0 spiro atoms. The lowest BCUT2D eigenvalue weighted by Crippen LogP contribution is -2.42. The van der Waals surface area contributed by atoms with Crippen LogP contribution in [0.3, 0.4) is 0 Å². The van der Waals surface area contributed by atoms with Crippen molar-refractivity contribution in [1.82, 2.24) is 4.72 Å². The van der Waals surface area contributed by atoms with Crippen LogP contribution in [-0.2, 0) is 24.3 Å². The van der Waals surface area contributed by atoms with E-state index in [0.29, 0.717) is 5.69 Å². The Hall–Kier alpha value is -2.78. The standard InChI is InChI=1S/C19H21FN2O5S/c1-12-8-10-15(11-9-12)21-18(23)14(3)27-19(24)13(2)22-28(25,26)17-7-5-4-6-16(17)20/h4-11,13-14,22H,1-3H3,(H,21,23)/t13-,14+/m0/s1. The largest absolute Gasteiger partial charge is 0.451 e. The van der Waals surface area contributed by atoms with Gasteiger partial charge in [-0.1, -0.05) is 29.8 Å². The molecule has 2 rings (SSSR count). The molecule has 0 aromatic heterocycles. The molecule has 150 valence electrons. The Morgan fingerprint density at radius 1 is 1.04 bits per heavy atom. The predicted molar refractivity (Wildman–Crippen MR) is 102 cm³/mol. The zero-order valence-corrected chi connectivity index (χ0v) is 16.4. The molecule has 2 N–H and O–H groups in total. The van der Waals surface area contributed by atoms with E-state index in [0.717, 1.165) is 17.7 Å². The molecule has 0 bridgehead atoms. The topological polar surface area (TPSA) is 102 Å². The molecule has 28 heavy (non-hydrogen) atoms. The van der Waals surface area contributed by atoms with Gasteiger partial charge < -0.3 is 10.1 Å². The van der Waals surface area contributed by atoms with E-state index in [1.807, 2.05) is 23.8 Å². The first-order valence-corrected chi connectivity index (χ1v) is 9.93. The minimum Gasteiger partial charge on any atom is -0.451 e. The minimum atomic E-state index is -4.27. The molecule has 0 radical (unpaired) electrons. The van der Waals surface area contributed by atoms with Gasteiger partial charge in [0.15, 0.2) is 6.10 Å². The Morgan fingerprint density at radius 2 is 1.64 bits per heavy atom. The SMILES string of the molecule is Cc1ccc(NC(=O)[C@@H](C)OC(=O)[C@H](C)NS(=O)(=O)c2ccccc2F)cc1. The Morgan fingerprint density at radius 3 is 2.25 bits per heavy atom. The molecule has 7 nitrogen and oxygen atoms in total. The summed E-state index contributed by atoms with van der Waals surface area (Å²) in [5, 5.41) is 2.59. The van der Waals surface area contributed by atoms with Gasteiger partial charge in [-0.2, -0.15) is 4.72 Å². The molecular weight excluding hydrogens is 387 g/mol. The van der Waals surface area contributed by atoms with Gasteiger partial charge in [0.25, 0.3) is 5.91 Å². The van der Waals surface area contributed by atoms with Crippen molar-refractivity contribution in [1.29, 1.82) is 0 Å². The number of benzene rings is 2. The molecule has 1 amide bonds. The number of anilines is 1. The molecule has 2 atom stereocenters. The fourth-order valence-corrected chi connectivity index (χ4v) is 3.49. The van der Waals surface area contributed by atoms with E-state index in [9.17, 15) is 22.4 Å². The number of sulfonamides is 1. The highest BCUT2D eigenvalue weighted by Crippen LogP contribution is 2.14. The molecule has 9 heteroatoms. The molecule has 0 saturated carbocycles. The molecule has 2 aromatic rings. The number of amides is 1. The van der Waals surface area contributed by atoms with Crippen LogP contribution in [-0.4, -0.2) is 32.4 Å². The van der Waals surface area contributed by atoms with Crippen LogP contribution in [0.25, 0.3) is 0 Å². The second-order valence-electron chi connectivity index (χ2n) is 6.21. The third-order valence-electron chi connectivity index (χ3n) is 3.79. The van der Waals surface area contributed by atoms with Gasteiger partial charge in [0.1, 0.15) is 16.8 Å². The summed E-state index contributed by atoms with van der Waals surface area (Å²) in [7, 11) is -4.27. The number of halogens is 1. The predicted octanol–water partition coefficient (Wildman–Crippen LogP) is 2.37. The minimum absolute atomic E-state index is 0.534. The summed E-state index contributed by atoms with van der Waals surface area (Å²) in [4.78, 5) is 23.7. The van der Waals surface area contributed by atoms with Crippen molar-refractivity contribution in [3.8, 4) is 0 Å². The molecule has 0 unspecified atom stereocenters. The zero-order valence-electron chi connectivity index (χ0n) is 15.6. The fraction of sp³-hybridized carbons (Fsp3) is 0.263. The Kier molecular flexibility index (Phi) is 6.87. The lowest BCUT2D eigenvalue weighted by atomic mass is 10.2. The number of carbonyl (C=O) groups is 2. The summed E-state index contributed by atoms with van der Waals surface area (Å²) in [6, 6.07) is 10.5. The second-order valence-corrected chi connectivity index (χ2v) is 7.89. The Balaban J connectivity index is 1.96. The van der Waals surface area contributed by atoms with Crippen LogP contribution in [0.5, 0.6) is 0 Å². The van der Waals surface area contributed by atoms with Crippen LogP contribution in [0.15, 0.2) is 53.4 Å². The molecule has 0 heterocycles. The van der Waals surface area contributed by atoms with Gasteiger partial charge in [-0.3, -0.25) is 9.59 Å². The van der Waals surface area contributed by atoms with Crippen LogP contribution in [0.1, 0.15) is 19.4 Å². The van der Waals surface area contributed by atoms with Gasteiger partial charge in [0.05, 0.1) is 0 Å². The highest BCUT2D eigenvalue weighted by atomic mass is 32.2. The Bertz CT molecular complexity index is 961. The number of aryl methyl sites for hydroxylation is 1. The third-order valence-corrected chi connectivity index (χ3v) is 5.37. The first-order valence-electron chi connectivity index (χ1n) is 8.45. The van der Waals surface area contributed by atoms with Gasteiger partial charge in [-0.15, -0.1) is 0 Å². The molecule has 0 saturated heterocycles. The van der Waals surface area contributed by atoms with Crippen LogP contribution < -0.4 is 10.0 Å². The monoisotopic (exact) mass is 408 g/mol. The maximum atomic E-state index is 13.7. The number of hydrogen-bond acceptors (Lipinski definition) is 5. The van der Waals surface area contributed by atoms with Gasteiger partial charge in [0, 0.05) is 5.69 Å². The van der Waals surface area contributed by atoms with Crippen molar-refractivity contribution >= 4 is 27.6 Å². The molecule has 2 aromatic carbocycles. The van der Waals surface area contributed by atoms with E-state index < -0.39 is 44.8 Å². The lowest BCUT2D eigenvalue weighted by Gasteiger charge is -2.18. The second kappa shape index (κ2) is 8.94. The van der Waals surface area contributed by atoms with Crippen molar-refractivity contribution in [2.24, 2.45) is 0 Å². The maximum Gasteiger partial charge on any atom is 0.324 e. The summed E-state index contributed by atoms with van der Waals surface area (Å²) < 4.78 is 45.2. The van der Waals surface area contributed by atoms with Gasteiger partial charge in [0.2, 0.25) is 10.0 Å². The summed E-state index contributed by atoms with van der Waals surface area (Å²) in [6.45, 7) is 4.50. The third kappa shape index (κ3) is 5.61. The molecule has 0 aliphatic rings. The van der Waals surface area contributed by atoms with Crippen LogP contribution >= 0.6 is 0 Å². The van der Waals surface area contributed by atoms with Crippen molar-refractivity contribution in [2.75, 3.05) is 5.32 Å². The number of hydrogen-bond donors (Lipinski definition) is 2. The number of ether oxygens (including phenoxy) is 1. The fourth-order valence-electron chi connectivity index (χ4n) is 2.22. The lowest BCUT2D eigenvalue weighted by molar-refractivity contribution is -0.154. The summed E-state index contributed by atoms with van der Waals surface area (Å²) >= 11 is 0. The molecular formula is C19H21FN2O5S. The Labute approximate surface area is 163 Å². The van der Waals surface area contributed by atoms with E-state index in [4.69, 9.17) is 4.74 Å². The van der Waals surface area contributed by atoms with Gasteiger partial charge in [-0.05, 0) is 45.0 Å². The van der Waals surface area contributed by atoms with E-state index in [2.05, 4.69) is 5.32 Å². The summed E-state index contributed by atoms with van der Waals surface area (Å²) in [5.41, 5.74) is 1.56. The van der Waals surface area contributed by atoms with Gasteiger partial charge >= 0.3 is 5.97 Å². The van der Waals surface area contributed by atoms with Crippen molar-refractivity contribution < 1.29 is 27.1 Å². The van der Waals surface area contributed by atoms with E-state index >= 15 is 0 Å². The average Bonchev–Trinajstić information content (AvgIpc) is 2.63. The van der Waals surface area contributed by atoms with Crippen LogP contribution in [0.2, 0.25) is 0 Å². The summed E-state index contributed by atoms with van der Waals surface area (Å²) in [5.74, 6) is -2.48. The first-order chi connectivity index (χ1) is 13.1. The van der Waals surface area contributed by atoms with E-state index in [1.54, 1.807) is 12.1 Å². The molecule has 0 aliphatic carbocycles. The molecule has 0 aliphatic heterocycles. The van der Waals surface area contributed by atoms with Crippen molar-refractivity contribution in [3.05, 3.63) is 59.9 Å². The number of carbonyl (C=O) groups excluding carboxylic acids is 2. The van der Waals surface area contributed by atoms with Crippen molar-refractivity contribution in [2.45, 2.75) is 37.8 Å². The van der Waals surface area contributed by atoms with Crippen LogP contribution in [0.4, 0.5) is 10.1 Å². The average molecular weight is 408 g/mol. The number of rotatable bonds is 7. The zero-order chi connectivity index (χ0) is 20.9. The molecule has 0 fully saturated rings. The van der Waals surface area contributed by atoms with Crippen LogP contribution in [0, 0.1) is 12.7 Å². The maximum absolute atomic E-state index is 13.7. The van der Waals surface area contributed by atoms with E-state index in [1.165, 1.54) is 26.0 Å². The highest BCUT2D eigenvalue weighted by molar-refractivity contribution is 7.89. The quantitative estimate of drug-likeness (QED) is 0.685. The first kappa shape index (κ1) is 21.5. The van der Waals surface area contributed by atoms with Crippen molar-refractivity contribution in [3.63, 3.8) is 0 Å². The smallest absolute Gasteiger partial charge is 0.324 e. The summed E-state index contributed by atoms with van der Waals surface area (Å²) in [6.07, 6.45) is -1.16. The number of esters is 1. The van der Waals surface area contributed by atoms with Gasteiger partial charge in [-0.25, -0.2) is 12.8 Å². The normalized spacial score (nSPS) is 13.4. The number of nitrogens with one attached hydrogen (secondary N) is 2. The highest BCUT2D eigenvalue weighted by Gasteiger charge is 2.27.